The predicted octanol–water partition coefficient (Wildman–Crippen LogP) is 5.96. The second-order valence-electron chi connectivity index (χ2n) is 7.29. The summed E-state index contributed by atoms with van der Waals surface area (Å²) in [5.41, 5.74) is 2.60. The molecule has 0 spiro atoms. The van der Waals surface area contributed by atoms with Crippen molar-refractivity contribution in [2.24, 2.45) is 11.0 Å². The van der Waals surface area contributed by atoms with Crippen molar-refractivity contribution in [2.75, 3.05) is 0 Å². The highest BCUT2D eigenvalue weighted by Gasteiger charge is 2.45. The maximum absolute atomic E-state index is 13.3. The number of hydrazone groups is 1. The molecule has 0 N–H and O–H groups in total. The summed E-state index contributed by atoms with van der Waals surface area (Å²) >= 11 is 5.99. The molecule has 1 saturated carbocycles. The minimum Gasteiger partial charge on any atom is -0.467 e. The van der Waals surface area contributed by atoms with E-state index in [1.807, 2.05) is 30.3 Å². The van der Waals surface area contributed by atoms with Crippen molar-refractivity contribution in [2.45, 2.75) is 25.3 Å². The summed E-state index contributed by atoms with van der Waals surface area (Å²) in [6.45, 7) is 0. The van der Waals surface area contributed by atoms with Gasteiger partial charge >= 0.3 is 0 Å². The van der Waals surface area contributed by atoms with Gasteiger partial charge in [0.25, 0.3) is 5.91 Å². The van der Waals surface area contributed by atoms with Gasteiger partial charge in [-0.1, -0.05) is 11.6 Å². The molecule has 0 radical (unpaired) electrons. The Kier molecular flexibility index (Phi) is 4.60. The smallest absolute Gasteiger partial charge is 0.274 e. The van der Waals surface area contributed by atoms with Crippen molar-refractivity contribution < 1.29 is 13.6 Å². The van der Waals surface area contributed by atoms with E-state index in [-0.39, 0.29) is 17.9 Å². The quantitative estimate of drug-likeness (QED) is 0.539. The van der Waals surface area contributed by atoms with Crippen molar-refractivity contribution in [3.05, 3.63) is 88.7 Å². The Hall–Kier alpha value is -3.05. The lowest BCUT2D eigenvalue weighted by Gasteiger charge is -2.27. The normalized spacial score (nSPS) is 22.6. The summed E-state index contributed by atoms with van der Waals surface area (Å²) in [5, 5.41) is 6.97. The van der Waals surface area contributed by atoms with Gasteiger partial charge in [0, 0.05) is 16.5 Å². The molecule has 29 heavy (non-hydrogen) atoms. The SMILES string of the molecule is O=C(c1ccc(Cl)cc1)N1N=C2/C(=C\c3ccco3)CCCC2C1c1ccco1. The Bertz CT molecular complexity index is 1070. The topological polar surface area (TPSA) is 59.0 Å². The third-order valence-corrected chi connectivity index (χ3v) is 5.75. The number of hydrogen-bond acceptors (Lipinski definition) is 4. The first kappa shape index (κ1) is 18.0. The number of nitrogens with zero attached hydrogens (tertiary/aromatic N) is 2. The van der Waals surface area contributed by atoms with E-state index in [1.165, 1.54) is 0 Å². The van der Waals surface area contributed by atoms with Crippen LogP contribution in [0.1, 0.15) is 47.2 Å². The molecular weight excluding hydrogens is 388 g/mol. The fraction of sp³-hybridized carbons (Fsp3) is 0.217. The molecule has 1 amide bonds. The van der Waals surface area contributed by atoms with E-state index in [2.05, 4.69) is 0 Å². The zero-order chi connectivity index (χ0) is 19.8. The molecule has 2 unspecified atom stereocenters. The van der Waals surface area contributed by atoms with Crippen LogP contribution < -0.4 is 0 Å². The Morgan fingerprint density at radius 2 is 1.90 bits per heavy atom. The van der Waals surface area contributed by atoms with Crippen LogP contribution in [0.5, 0.6) is 0 Å². The predicted molar refractivity (Wildman–Crippen MR) is 111 cm³/mol. The minimum absolute atomic E-state index is 0.0902. The number of carbonyl (C=O) groups is 1. The van der Waals surface area contributed by atoms with Gasteiger partial charge in [-0.25, -0.2) is 5.01 Å². The van der Waals surface area contributed by atoms with Crippen LogP contribution in [-0.2, 0) is 0 Å². The van der Waals surface area contributed by atoms with E-state index in [4.69, 9.17) is 25.5 Å². The highest BCUT2D eigenvalue weighted by atomic mass is 35.5. The molecule has 2 aromatic heterocycles. The van der Waals surface area contributed by atoms with Crippen molar-refractivity contribution in [3.63, 3.8) is 0 Å². The third-order valence-electron chi connectivity index (χ3n) is 5.50. The monoisotopic (exact) mass is 406 g/mol. The van der Waals surface area contributed by atoms with E-state index in [1.54, 1.807) is 41.8 Å². The maximum atomic E-state index is 13.3. The highest BCUT2D eigenvalue weighted by Crippen LogP contribution is 2.45. The highest BCUT2D eigenvalue weighted by molar-refractivity contribution is 6.30. The van der Waals surface area contributed by atoms with Gasteiger partial charge in [-0.2, -0.15) is 5.10 Å². The molecule has 2 atom stereocenters. The second-order valence-corrected chi connectivity index (χ2v) is 7.72. The molecule has 0 saturated heterocycles. The molecule has 1 aliphatic heterocycles. The van der Waals surface area contributed by atoms with Crippen LogP contribution in [0.3, 0.4) is 0 Å². The lowest BCUT2D eigenvalue weighted by molar-refractivity contribution is 0.0656. The molecule has 5 rings (SSSR count). The standard InChI is InChI=1S/C23H19ClN2O3/c24-17-10-8-15(9-11-17)23(27)26-22(20-7-3-13-29-20)19-6-1-4-16(21(19)25-26)14-18-5-2-12-28-18/h2-3,5,7-14,19,22H,1,4,6H2/b16-14-. The summed E-state index contributed by atoms with van der Waals surface area (Å²) < 4.78 is 11.2. The van der Waals surface area contributed by atoms with Gasteiger partial charge in [0.05, 0.1) is 18.2 Å². The zero-order valence-electron chi connectivity index (χ0n) is 15.6. The van der Waals surface area contributed by atoms with E-state index < -0.39 is 0 Å². The fourth-order valence-corrected chi connectivity index (χ4v) is 4.30. The van der Waals surface area contributed by atoms with Gasteiger partial charge < -0.3 is 8.83 Å². The van der Waals surface area contributed by atoms with E-state index in [0.717, 1.165) is 42.1 Å². The van der Waals surface area contributed by atoms with Crippen molar-refractivity contribution in [1.82, 2.24) is 5.01 Å². The molecule has 6 heteroatoms. The number of furan rings is 2. The van der Waals surface area contributed by atoms with Crippen molar-refractivity contribution in [1.29, 1.82) is 0 Å². The summed E-state index contributed by atoms with van der Waals surface area (Å²) in [7, 11) is 0. The number of carbonyl (C=O) groups excluding carboxylic acids is 1. The molecule has 3 aromatic rings. The second kappa shape index (κ2) is 7.41. The molecule has 1 aliphatic carbocycles. The van der Waals surface area contributed by atoms with Crippen LogP contribution in [-0.4, -0.2) is 16.6 Å². The van der Waals surface area contributed by atoms with E-state index in [0.29, 0.717) is 10.6 Å². The van der Waals surface area contributed by atoms with Crippen LogP contribution in [0.4, 0.5) is 0 Å². The number of allylic oxidation sites excluding steroid dienone is 1. The van der Waals surface area contributed by atoms with Gasteiger partial charge in [-0.15, -0.1) is 0 Å². The summed E-state index contributed by atoms with van der Waals surface area (Å²) in [6, 6.07) is 14.2. The molecule has 3 heterocycles. The molecule has 1 fully saturated rings. The van der Waals surface area contributed by atoms with Crippen molar-refractivity contribution in [3.8, 4) is 0 Å². The molecule has 0 bridgehead atoms. The number of rotatable bonds is 3. The van der Waals surface area contributed by atoms with Crippen LogP contribution in [0.25, 0.3) is 6.08 Å². The first-order valence-corrected chi connectivity index (χ1v) is 10.0. The number of amides is 1. The zero-order valence-corrected chi connectivity index (χ0v) is 16.4. The molecule has 2 aliphatic rings. The molecule has 1 aromatic carbocycles. The van der Waals surface area contributed by atoms with Crippen LogP contribution in [0.15, 0.2) is 80.6 Å². The average molecular weight is 407 g/mol. The number of halogens is 1. The van der Waals surface area contributed by atoms with Crippen LogP contribution >= 0.6 is 11.6 Å². The Morgan fingerprint density at radius 1 is 1.10 bits per heavy atom. The molecule has 146 valence electrons. The number of fused-ring (bicyclic) bond motifs is 1. The molecule has 5 nitrogen and oxygen atoms in total. The van der Waals surface area contributed by atoms with Gasteiger partial charge in [-0.3, -0.25) is 4.79 Å². The largest absolute Gasteiger partial charge is 0.467 e. The van der Waals surface area contributed by atoms with Crippen molar-refractivity contribution >= 4 is 29.3 Å². The summed E-state index contributed by atoms with van der Waals surface area (Å²) in [6.07, 6.45) is 8.21. The van der Waals surface area contributed by atoms with Gasteiger partial charge in [0.15, 0.2) is 0 Å². The first-order chi connectivity index (χ1) is 14.2. The Morgan fingerprint density at radius 3 is 2.62 bits per heavy atom. The Balaban J connectivity index is 1.56. The van der Waals surface area contributed by atoms with Gasteiger partial charge in [0.2, 0.25) is 0 Å². The lowest BCUT2D eigenvalue weighted by Crippen LogP contribution is -2.31. The van der Waals surface area contributed by atoms with Crippen LogP contribution in [0, 0.1) is 5.92 Å². The number of hydrogen-bond donors (Lipinski definition) is 0. The third kappa shape index (κ3) is 3.32. The maximum Gasteiger partial charge on any atom is 0.274 e. The van der Waals surface area contributed by atoms with E-state index >= 15 is 0 Å². The minimum atomic E-state index is -0.261. The number of benzene rings is 1. The Labute approximate surface area is 173 Å². The summed E-state index contributed by atoms with van der Waals surface area (Å²) in [5.74, 6) is 1.46. The van der Waals surface area contributed by atoms with Crippen LogP contribution in [0.2, 0.25) is 5.02 Å². The van der Waals surface area contributed by atoms with Gasteiger partial charge in [-0.05, 0) is 79.4 Å². The fourth-order valence-electron chi connectivity index (χ4n) is 4.18. The van der Waals surface area contributed by atoms with Gasteiger partial charge in [0.1, 0.15) is 17.6 Å². The lowest BCUT2D eigenvalue weighted by atomic mass is 9.79. The summed E-state index contributed by atoms with van der Waals surface area (Å²) in [4.78, 5) is 13.3. The van der Waals surface area contributed by atoms with E-state index in [9.17, 15) is 4.79 Å². The average Bonchev–Trinajstić information content (AvgIpc) is 3.48. The first-order valence-electron chi connectivity index (χ1n) is 9.66. The molecular formula is C23H19ClN2O3.